The second-order valence-corrected chi connectivity index (χ2v) is 4.48. The number of carbonyl (C=O) groups excluding carboxylic acids is 1. The molecule has 0 saturated carbocycles. The van der Waals surface area contributed by atoms with Crippen LogP contribution in [0.2, 0.25) is 0 Å². The van der Waals surface area contributed by atoms with Crippen LogP contribution >= 0.6 is 0 Å². The number of ether oxygens (including phenoxy) is 3. The minimum absolute atomic E-state index is 0.438. The molecule has 0 fully saturated rings. The molecule has 0 aliphatic carbocycles. The molecule has 0 aliphatic heterocycles. The van der Waals surface area contributed by atoms with Crippen molar-refractivity contribution in [2.45, 2.75) is 0 Å². The van der Waals surface area contributed by atoms with Gasteiger partial charge in [-0.05, 0) is 12.1 Å². The molecular weight excluding hydrogens is 280 g/mol. The van der Waals surface area contributed by atoms with Gasteiger partial charge in [0.25, 0.3) is 0 Å². The van der Waals surface area contributed by atoms with E-state index in [4.69, 9.17) is 14.2 Å². The third-order valence-electron chi connectivity index (χ3n) is 3.26. The van der Waals surface area contributed by atoms with Crippen LogP contribution in [0.15, 0.2) is 54.6 Å². The number of esters is 1. The number of hydrogen-bond donors (Lipinski definition) is 0. The van der Waals surface area contributed by atoms with E-state index in [1.54, 1.807) is 14.2 Å². The molecule has 4 heteroatoms. The largest absolute Gasteiger partial charge is 0.496 e. The number of carbonyl (C=O) groups is 1. The van der Waals surface area contributed by atoms with E-state index in [1.165, 1.54) is 13.2 Å². The summed E-state index contributed by atoms with van der Waals surface area (Å²) in [6.45, 7) is 0. The van der Waals surface area contributed by atoms with Crippen LogP contribution in [0.1, 0.15) is 11.1 Å². The van der Waals surface area contributed by atoms with Crippen LogP contribution in [0.5, 0.6) is 11.5 Å². The number of para-hydroxylation sites is 2. The summed E-state index contributed by atoms with van der Waals surface area (Å²) in [5.74, 6) is 0.902. The van der Waals surface area contributed by atoms with Gasteiger partial charge in [-0.2, -0.15) is 0 Å². The molecule has 2 aromatic rings. The smallest absolute Gasteiger partial charge is 0.331 e. The average Bonchev–Trinajstić information content (AvgIpc) is 2.59. The monoisotopic (exact) mass is 298 g/mol. The molecule has 0 N–H and O–H groups in total. The Bertz CT molecular complexity index is 639. The molecule has 114 valence electrons. The average molecular weight is 298 g/mol. The van der Waals surface area contributed by atoms with Crippen LogP contribution < -0.4 is 9.47 Å². The molecular formula is C18H18O4. The topological polar surface area (TPSA) is 44.8 Å². The normalized spacial score (nSPS) is 9.77. The van der Waals surface area contributed by atoms with Crippen LogP contribution in [-0.2, 0) is 9.53 Å². The molecule has 22 heavy (non-hydrogen) atoms. The molecule has 0 unspecified atom stereocenters. The van der Waals surface area contributed by atoms with Crippen molar-refractivity contribution in [2.24, 2.45) is 0 Å². The van der Waals surface area contributed by atoms with E-state index in [-0.39, 0.29) is 0 Å². The lowest BCUT2D eigenvalue weighted by Gasteiger charge is -2.15. The quantitative estimate of drug-likeness (QED) is 0.627. The Kier molecular flexibility index (Phi) is 5.20. The van der Waals surface area contributed by atoms with E-state index >= 15 is 0 Å². The molecule has 0 spiro atoms. The molecule has 4 nitrogen and oxygen atoms in total. The highest BCUT2D eigenvalue weighted by Gasteiger charge is 2.16. The van der Waals surface area contributed by atoms with Gasteiger partial charge in [-0.25, -0.2) is 4.79 Å². The highest BCUT2D eigenvalue weighted by molar-refractivity contribution is 5.98. The molecule has 0 heterocycles. The number of methoxy groups -OCH3 is 3. The minimum atomic E-state index is -0.438. The maximum absolute atomic E-state index is 11.8. The highest BCUT2D eigenvalue weighted by Crippen LogP contribution is 2.35. The number of rotatable bonds is 5. The first-order chi connectivity index (χ1) is 10.7. The van der Waals surface area contributed by atoms with Gasteiger partial charge < -0.3 is 14.2 Å². The first-order valence-electron chi connectivity index (χ1n) is 6.77. The summed E-state index contributed by atoms with van der Waals surface area (Å²) in [4.78, 5) is 11.8. The zero-order valence-corrected chi connectivity index (χ0v) is 12.8. The zero-order valence-electron chi connectivity index (χ0n) is 12.8. The van der Waals surface area contributed by atoms with Gasteiger partial charge in [0, 0.05) is 22.8 Å². The second-order valence-electron chi connectivity index (χ2n) is 4.48. The fourth-order valence-electron chi connectivity index (χ4n) is 2.21. The van der Waals surface area contributed by atoms with Crippen molar-refractivity contribution in [3.05, 3.63) is 65.7 Å². The van der Waals surface area contributed by atoms with Crippen molar-refractivity contribution in [2.75, 3.05) is 21.3 Å². The molecule has 0 amide bonds. The predicted octanol–water partition coefficient (Wildman–Crippen LogP) is 3.31. The standard InChI is InChI=1S/C18H18O4/c1-20-16-10-6-4-8-13(16)15(12-18(19)22-3)14-9-5-7-11-17(14)21-2/h4-12H,1-3H3. The van der Waals surface area contributed by atoms with Crippen LogP contribution in [0, 0.1) is 0 Å². The Morgan fingerprint density at radius 3 is 1.68 bits per heavy atom. The molecule has 0 aliphatic rings. The van der Waals surface area contributed by atoms with Crippen molar-refractivity contribution >= 4 is 11.5 Å². The molecule has 0 radical (unpaired) electrons. The van der Waals surface area contributed by atoms with Crippen molar-refractivity contribution in [1.82, 2.24) is 0 Å². The van der Waals surface area contributed by atoms with Crippen molar-refractivity contribution in [3.63, 3.8) is 0 Å². The van der Waals surface area contributed by atoms with Gasteiger partial charge in [0.1, 0.15) is 11.5 Å². The van der Waals surface area contributed by atoms with Crippen molar-refractivity contribution in [1.29, 1.82) is 0 Å². The van der Waals surface area contributed by atoms with Gasteiger partial charge in [-0.1, -0.05) is 36.4 Å². The van der Waals surface area contributed by atoms with E-state index in [1.807, 2.05) is 48.5 Å². The summed E-state index contributed by atoms with van der Waals surface area (Å²) in [7, 11) is 4.54. The predicted molar refractivity (Wildman–Crippen MR) is 85.1 cm³/mol. The summed E-state index contributed by atoms with van der Waals surface area (Å²) in [6.07, 6.45) is 1.44. The maximum atomic E-state index is 11.8. The van der Waals surface area contributed by atoms with Gasteiger partial charge in [0.2, 0.25) is 0 Å². The Morgan fingerprint density at radius 2 is 1.27 bits per heavy atom. The third kappa shape index (κ3) is 3.28. The highest BCUT2D eigenvalue weighted by atomic mass is 16.5. The minimum Gasteiger partial charge on any atom is -0.496 e. The van der Waals surface area contributed by atoms with Gasteiger partial charge in [0.05, 0.1) is 21.3 Å². The molecule has 2 aromatic carbocycles. The van der Waals surface area contributed by atoms with E-state index in [9.17, 15) is 4.79 Å². The van der Waals surface area contributed by atoms with Gasteiger partial charge in [-0.3, -0.25) is 0 Å². The second kappa shape index (κ2) is 7.31. The summed E-state index contributed by atoms with van der Waals surface area (Å²) in [6, 6.07) is 15.0. The zero-order chi connectivity index (χ0) is 15.9. The lowest BCUT2D eigenvalue weighted by atomic mass is 9.96. The van der Waals surface area contributed by atoms with Gasteiger partial charge in [-0.15, -0.1) is 0 Å². The van der Waals surface area contributed by atoms with Gasteiger partial charge in [0.15, 0.2) is 0 Å². The lowest BCUT2D eigenvalue weighted by Crippen LogP contribution is -2.01. The van der Waals surface area contributed by atoms with Crippen molar-refractivity contribution in [3.8, 4) is 11.5 Å². The molecule has 0 aromatic heterocycles. The Labute approximate surface area is 129 Å². The Balaban J connectivity index is 2.67. The summed E-state index contributed by atoms with van der Waals surface area (Å²) >= 11 is 0. The van der Waals surface area contributed by atoms with E-state index in [2.05, 4.69) is 0 Å². The van der Waals surface area contributed by atoms with Crippen molar-refractivity contribution < 1.29 is 19.0 Å². The fraction of sp³-hybridized carbons (Fsp3) is 0.167. The molecule has 0 saturated heterocycles. The molecule has 0 bridgehead atoms. The van der Waals surface area contributed by atoms with Crippen LogP contribution in [0.3, 0.4) is 0 Å². The first-order valence-corrected chi connectivity index (χ1v) is 6.77. The van der Waals surface area contributed by atoms with Crippen LogP contribution in [0.4, 0.5) is 0 Å². The Morgan fingerprint density at radius 1 is 0.818 bits per heavy atom. The maximum Gasteiger partial charge on any atom is 0.331 e. The fourth-order valence-corrected chi connectivity index (χ4v) is 2.21. The molecule has 2 rings (SSSR count). The summed E-state index contributed by atoms with van der Waals surface area (Å²) in [5, 5.41) is 0. The number of benzene rings is 2. The van der Waals surface area contributed by atoms with Gasteiger partial charge >= 0.3 is 5.97 Å². The third-order valence-corrected chi connectivity index (χ3v) is 3.26. The number of hydrogen-bond acceptors (Lipinski definition) is 4. The SMILES string of the molecule is COC(=O)C=C(c1ccccc1OC)c1ccccc1OC. The molecule has 0 atom stereocenters. The Hall–Kier alpha value is -2.75. The van der Waals surface area contributed by atoms with E-state index in [0.717, 1.165) is 11.1 Å². The van der Waals surface area contributed by atoms with E-state index in [0.29, 0.717) is 17.1 Å². The lowest BCUT2D eigenvalue weighted by molar-refractivity contribution is -0.134. The summed E-state index contributed by atoms with van der Waals surface area (Å²) < 4.78 is 15.6. The van der Waals surface area contributed by atoms with E-state index < -0.39 is 5.97 Å². The van der Waals surface area contributed by atoms with Crippen LogP contribution in [0.25, 0.3) is 5.57 Å². The summed E-state index contributed by atoms with van der Waals surface area (Å²) in [5.41, 5.74) is 2.27. The first kappa shape index (κ1) is 15.6. The van der Waals surface area contributed by atoms with Crippen LogP contribution in [-0.4, -0.2) is 27.3 Å².